The molecule has 7 nitrogen and oxygen atoms in total. The second-order valence-electron chi connectivity index (χ2n) is 8.37. The van der Waals surface area contributed by atoms with Gasteiger partial charge in [0, 0.05) is 23.5 Å². The van der Waals surface area contributed by atoms with E-state index in [1.807, 2.05) is 0 Å². The van der Waals surface area contributed by atoms with E-state index in [1.165, 1.54) is 39.9 Å². The van der Waals surface area contributed by atoms with Gasteiger partial charge in [-0.1, -0.05) is 6.92 Å². The summed E-state index contributed by atoms with van der Waals surface area (Å²) in [7, 11) is -3.53. The van der Waals surface area contributed by atoms with Gasteiger partial charge in [0.15, 0.2) is 0 Å². The van der Waals surface area contributed by atoms with E-state index in [-0.39, 0.29) is 17.4 Å². The van der Waals surface area contributed by atoms with Gasteiger partial charge in [-0.15, -0.1) is 11.3 Å². The number of rotatable bonds is 6. The lowest BCUT2D eigenvalue weighted by Crippen LogP contribution is -2.27. The third-order valence-corrected chi connectivity index (χ3v) is 9.12. The fourth-order valence-electron chi connectivity index (χ4n) is 4.29. The molecule has 1 amide bonds. The maximum absolute atomic E-state index is 12.9. The van der Waals surface area contributed by atoms with Crippen LogP contribution < -0.4 is 5.32 Å². The number of nitrogens with zero attached hydrogens (tertiary/aromatic N) is 1. The Balaban J connectivity index is 1.57. The molecule has 1 atom stereocenters. The standard InChI is InChI=1S/C23H28N2O5S2/c1-3-30-23(27)20-18-11-6-15(2)14-19(18)31-22(20)24-21(26)16-7-9-17(10-8-16)32(28,29)25-12-4-5-13-25/h7-10,15H,3-6,11-14H2,1-2H3,(H,24,26). The van der Waals surface area contributed by atoms with Crippen LogP contribution in [0.15, 0.2) is 29.2 Å². The average molecular weight is 477 g/mol. The molecule has 0 spiro atoms. The first-order valence-corrected chi connectivity index (χ1v) is 13.3. The lowest BCUT2D eigenvalue weighted by molar-refractivity contribution is 0.0526. The molecule has 2 aliphatic rings. The number of carbonyl (C=O) groups is 2. The van der Waals surface area contributed by atoms with E-state index in [0.29, 0.717) is 35.1 Å². The zero-order valence-electron chi connectivity index (χ0n) is 18.3. The number of esters is 1. The van der Waals surface area contributed by atoms with Crippen LogP contribution in [-0.4, -0.2) is 44.3 Å². The summed E-state index contributed by atoms with van der Waals surface area (Å²) >= 11 is 1.43. The summed E-state index contributed by atoms with van der Waals surface area (Å²) < 4.78 is 32.1. The fraction of sp³-hybridized carbons (Fsp3) is 0.478. The third kappa shape index (κ3) is 4.46. The average Bonchev–Trinajstić information content (AvgIpc) is 3.42. The first-order valence-electron chi connectivity index (χ1n) is 11.0. The van der Waals surface area contributed by atoms with Crippen molar-refractivity contribution in [1.29, 1.82) is 0 Å². The van der Waals surface area contributed by atoms with Gasteiger partial charge in [0.25, 0.3) is 5.91 Å². The van der Waals surface area contributed by atoms with Crippen molar-refractivity contribution in [3.05, 3.63) is 45.8 Å². The number of anilines is 1. The molecule has 0 radical (unpaired) electrons. The van der Waals surface area contributed by atoms with Gasteiger partial charge in [-0.25, -0.2) is 13.2 Å². The predicted molar refractivity (Wildman–Crippen MR) is 124 cm³/mol. The van der Waals surface area contributed by atoms with E-state index in [1.54, 1.807) is 6.92 Å². The van der Waals surface area contributed by atoms with E-state index in [4.69, 9.17) is 4.74 Å². The van der Waals surface area contributed by atoms with Crippen LogP contribution in [0.1, 0.15) is 64.3 Å². The lowest BCUT2D eigenvalue weighted by Gasteiger charge is -2.18. The van der Waals surface area contributed by atoms with Crippen molar-refractivity contribution < 1.29 is 22.7 Å². The highest BCUT2D eigenvalue weighted by molar-refractivity contribution is 7.89. The maximum atomic E-state index is 12.9. The van der Waals surface area contributed by atoms with E-state index in [9.17, 15) is 18.0 Å². The Bertz CT molecular complexity index is 1120. The van der Waals surface area contributed by atoms with Crippen molar-refractivity contribution in [1.82, 2.24) is 4.31 Å². The van der Waals surface area contributed by atoms with Crippen molar-refractivity contribution >= 4 is 38.2 Å². The molecular formula is C23H28N2O5S2. The Morgan fingerprint density at radius 1 is 1.19 bits per heavy atom. The first-order chi connectivity index (χ1) is 15.3. The van der Waals surface area contributed by atoms with Crippen LogP contribution in [0.2, 0.25) is 0 Å². The molecule has 1 aromatic carbocycles. The van der Waals surface area contributed by atoms with Crippen molar-refractivity contribution in [3.8, 4) is 0 Å². The van der Waals surface area contributed by atoms with Gasteiger partial charge < -0.3 is 10.1 Å². The Morgan fingerprint density at radius 2 is 1.88 bits per heavy atom. The Kier molecular flexibility index (Phi) is 6.69. The largest absolute Gasteiger partial charge is 0.462 e. The van der Waals surface area contributed by atoms with E-state index in [2.05, 4.69) is 12.2 Å². The van der Waals surface area contributed by atoms with Crippen molar-refractivity contribution in [2.45, 2.75) is 50.8 Å². The highest BCUT2D eigenvalue weighted by atomic mass is 32.2. The molecule has 1 aliphatic carbocycles. The summed E-state index contributed by atoms with van der Waals surface area (Å²) in [5.41, 5.74) is 1.77. The highest BCUT2D eigenvalue weighted by Crippen LogP contribution is 2.40. The summed E-state index contributed by atoms with van der Waals surface area (Å²) in [6, 6.07) is 5.96. The Hall–Kier alpha value is -2.23. The van der Waals surface area contributed by atoms with Gasteiger partial charge in [-0.2, -0.15) is 4.31 Å². The van der Waals surface area contributed by atoms with Crippen molar-refractivity contribution in [3.63, 3.8) is 0 Å². The molecule has 1 saturated heterocycles. The van der Waals surface area contributed by atoms with Gasteiger partial charge >= 0.3 is 5.97 Å². The number of sulfonamides is 1. The SMILES string of the molecule is CCOC(=O)c1c(NC(=O)c2ccc(S(=O)(=O)N3CCCC3)cc2)sc2c1CCC(C)C2. The summed E-state index contributed by atoms with van der Waals surface area (Å²) in [4.78, 5) is 26.9. The molecule has 4 rings (SSSR count). The minimum atomic E-state index is -3.53. The maximum Gasteiger partial charge on any atom is 0.341 e. The number of thiophene rings is 1. The monoisotopic (exact) mass is 476 g/mol. The molecule has 1 aromatic heterocycles. The first kappa shape index (κ1) is 22.9. The van der Waals surface area contributed by atoms with Gasteiger partial charge in [0.1, 0.15) is 5.00 Å². The second-order valence-corrected chi connectivity index (χ2v) is 11.4. The number of hydrogen-bond acceptors (Lipinski definition) is 6. The van der Waals surface area contributed by atoms with Crippen LogP contribution in [-0.2, 0) is 27.6 Å². The zero-order chi connectivity index (χ0) is 22.9. The van der Waals surface area contributed by atoms with Crippen LogP contribution in [0.3, 0.4) is 0 Å². The molecule has 1 unspecified atom stereocenters. The highest BCUT2D eigenvalue weighted by Gasteiger charge is 2.30. The van der Waals surface area contributed by atoms with Crippen LogP contribution in [0.4, 0.5) is 5.00 Å². The smallest absolute Gasteiger partial charge is 0.341 e. The quantitative estimate of drug-likeness (QED) is 0.634. The molecule has 0 saturated carbocycles. The number of fused-ring (bicyclic) bond motifs is 1. The molecule has 2 heterocycles. The molecule has 32 heavy (non-hydrogen) atoms. The molecule has 1 aliphatic heterocycles. The van der Waals surface area contributed by atoms with Crippen LogP contribution >= 0.6 is 11.3 Å². The number of hydrogen-bond donors (Lipinski definition) is 1. The number of amides is 1. The minimum Gasteiger partial charge on any atom is -0.462 e. The molecule has 1 N–H and O–H groups in total. The van der Waals surface area contributed by atoms with Crippen molar-refractivity contribution in [2.24, 2.45) is 5.92 Å². The Morgan fingerprint density at radius 3 is 2.53 bits per heavy atom. The number of benzene rings is 1. The number of ether oxygens (including phenoxy) is 1. The second kappa shape index (κ2) is 9.33. The number of carbonyl (C=O) groups excluding carboxylic acids is 2. The molecule has 1 fully saturated rings. The van der Waals surface area contributed by atoms with Gasteiger partial charge in [0.05, 0.1) is 17.1 Å². The summed E-state index contributed by atoms with van der Waals surface area (Å²) in [6.45, 7) is 5.27. The van der Waals surface area contributed by atoms with E-state index < -0.39 is 16.0 Å². The lowest BCUT2D eigenvalue weighted by atomic mass is 9.88. The Labute approximate surface area is 192 Å². The van der Waals surface area contributed by atoms with E-state index in [0.717, 1.165) is 42.5 Å². The number of nitrogens with one attached hydrogen (secondary N) is 1. The van der Waals surface area contributed by atoms with Crippen molar-refractivity contribution in [2.75, 3.05) is 25.0 Å². The van der Waals surface area contributed by atoms with Gasteiger partial charge in [0.2, 0.25) is 10.0 Å². The molecule has 172 valence electrons. The van der Waals surface area contributed by atoms with Crippen LogP contribution in [0.5, 0.6) is 0 Å². The molecule has 2 aromatic rings. The van der Waals surface area contributed by atoms with E-state index >= 15 is 0 Å². The third-order valence-electron chi connectivity index (χ3n) is 6.04. The van der Waals surface area contributed by atoms with Gasteiger partial charge in [-0.3, -0.25) is 4.79 Å². The minimum absolute atomic E-state index is 0.184. The molecule has 9 heteroatoms. The normalized spacial score (nSPS) is 18.9. The van der Waals surface area contributed by atoms with Crippen LogP contribution in [0, 0.1) is 5.92 Å². The zero-order valence-corrected chi connectivity index (χ0v) is 20.0. The summed E-state index contributed by atoms with van der Waals surface area (Å²) in [5, 5.41) is 3.37. The fourth-order valence-corrected chi connectivity index (χ4v) is 7.20. The van der Waals surface area contributed by atoms with Gasteiger partial charge in [-0.05, 0) is 74.8 Å². The summed E-state index contributed by atoms with van der Waals surface area (Å²) in [5.74, 6) is -0.265. The molecule has 0 bridgehead atoms. The topological polar surface area (TPSA) is 92.8 Å². The molecular weight excluding hydrogens is 448 g/mol. The predicted octanol–water partition coefficient (Wildman–Crippen LogP) is 4.09. The summed E-state index contributed by atoms with van der Waals surface area (Å²) in [6.07, 6.45) is 4.40. The van der Waals surface area contributed by atoms with Crippen LogP contribution in [0.25, 0.3) is 0 Å².